The van der Waals surface area contributed by atoms with Gasteiger partial charge in [-0.3, -0.25) is 0 Å². The summed E-state index contributed by atoms with van der Waals surface area (Å²) in [5, 5.41) is 3.25. The molecule has 0 aliphatic carbocycles. The fourth-order valence-corrected chi connectivity index (χ4v) is 3.42. The number of ether oxygens (including phenoxy) is 1. The van der Waals surface area contributed by atoms with Crippen LogP contribution in [-0.2, 0) is 12.6 Å². The highest BCUT2D eigenvalue weighted by Gasteiger charge is 2.33. The van der Waals surface area contributed by atoms with Gasteiger partial charge in [0.1, 0.15) is 28.8 Å². The van der Waals surface area contributed by atoms with E-state index in [1.54, 1.807) is 11.6 Å². The Morgan fingerprint density at radius 2 is 1.87 bits per heavy atom. The molecule has 4 rings (SSSR count). The average molecular weight is 432 g/mol. The van der Waals surface area contributed by atoms with Gasteiger partial charge in [-0.1, -0.05) is 12.1 Å². The molecule has 0 spiro atoms. The molecule has 0 radical (unpaired) electrons. The minimum atomic E-state index is -4.55. The van der Waals surface area contributed by atoms with Crippen molar-refractivity contribution in [1.29, 1.82) is 0 Å². The van der Waals surface area contributed by atoms with Crippen LogP contribution in [0.15, 0.2) is 42.4 Å². The van der Waals surface area contributed by atoms with E-state index in [4.69, 9.17) is 4.74 Å². The Labute approximate surface area is 173 Å². The first-order valence-corrected chi connectivity index (χ1v) is 9.73. The van der Waals surface area contributed by atoms with E-state index in [1.807, 2.05) is 19.1 Å². The molecule has 0 fully saturated rings. The lowest BCUT2D eigenvalue weighted by Crippen LogP contribution is -2.08. The van der Waals surface area contributed by atoms with Crippen LogP contribution in [0.1, 0.15) is 16.8 Å². The molecule has 1 aromatic carbocycles. The molecular weight excluding hydrogens is 417 g/mol. The summed E-state index contributed by atoms with van der Waals surface area (Å²) in [5.41, 5.74) is 3.23. The molecule has 0 saturated carbocycles. The molecular formula is C19H15F3N6OS. The lowest BCUT2D eigenvalue weighted by Gasteiger charge is -2.11. The molecule has 3 heterocycles. The number of benzene rings is 1. The van der Waals surface area contributed by atoms with E-state index < -0.39 is 11.9 Å². The largest absolute Gasteiger partial charge is 0.439 e. The first kappa shape index (κ1) is 20.0. The Kier molecular flexibility index (Phi) is 5.44. The maximum atomic E-state index is 12.8. The Morgan fingerprint density at radius 1 is 1.03 bits per heavy atom. The number of thiazole rings is 1. The first-order chi connectivity index (χ1) is 14.4. The minimum Gasteiger partial charge on any atom is -0.439 e. The number of alkyl halides is 3. The number of nitrogens with one attached hydrogen (secondary N) is 1. The van der Waals surface area contributed by atoms with Crippen molar-refractivity contribution in [3.05, 3.63) is 59.3 Å². The van der Waals surface area contributed by atoms with Crippen LogP contribution in [0.2, 0.25) is 0 Å². The number of hydrogen-bond donors (Lipinski definition) is 1. The van der Waals surface area contributed by atoms with Crippen molar-refractivity contribution < 1.29 is 17.9 Å². The zero-order valence-electron chi connectivity index (χ0n) is 15.6. The second kappa shape index (κ2) is 8.19. The van der Waals surface area contributed by atoms with Gasteiger partial charge in [-0.05, 0) is 30.5 Å². The summed E-state index contributed by atoms with van der Waals surface area (Å²) in [7, 11) is 0. The van der Waals surface area contributed by atoms with Crippen molar-refractivity contribution in [2.45, 2.75) is 19.5 Å². The summed E-state index contributed by atoms with van der Waals surface area (Å²) in [6, 6.07) is 6.26. The van der Waals surface area contributed by atoms with Gasteiger partial charge in [-0.25, -0.2) is 24.9 Å². The third-order valence-corrected chi connectivity index (χ3v) is 4.96. The Hall–Kier alpha value is -3.34. The van der Waals surface area contributed by atoms with Gasteiger partial charge in [0.25, 0.3) is 0 Å². The fraction of sp³-hybridized carbons (Fsp3) is 0.211. The predicted octanol–water partition coefficient (Wildman–Crippen LogP) is 4.65. The zero-order valence-corrected chi connectivity index (χ0v) is 16.5. The zero-order chi connectivity index (χ0) is 21.1. The molecule has 11 heteroatoms. The standard InChI is InChI=1S/C19H15F3N6OS/c1-11-6-12(4-5-23-17-16-18(27-9-26-17)30-10-28-16)2-3-13(11)29-15-7-14(19(20,21)22)24-8-25-15/h2-3,6-10H,4-5H2,1H3,(H,23,26,27). The van der Waals surface area contributed by atoms with Gasteiger partial charge >= 0.3 is 6.18 Å². The maximum absolute atomic E-state index is 12.8. The van der Waals surface area contributed by atoms with Gasteiger partial charge < -0.3 is 10.1 Å². The summed E-state index contributed by atoms with van der Waals surface area (Å²) >= 11 is 1.45. The van der Waals surface area contributed by atoms with Gasteiger partial charge in [-0.15, -0.1) is 11.3 Å². The molecule has 0 atom stereocenters. The van der Waals surface area contributed by atoms with E-state index >= 15 is 0 Å². The second-order valence-electron chi connectivity index (χ2n) is 6.35. The first-order valence-electron chi connectivity index (χ1n) is 8.85. The molecule has 0 amide bonds. The molecule has 30 heavy (non-hydrogen) atoms. The molecule has 154 valence electrons. The maximum Gasteiger partial charge on any atom is 0.433 e. The van der Waals surface area contributed by atoms with E-state index in [-0.39, 0.29) is 5.88 Å². The molecule has 4 aromatic rings. The normalized spacial score (nSPS) is 11.6. The van der Waals surface area contributed by atoms with Gasteiger partial charge in [0.05, 0.1) is 5.51 Å². The summed E-state index contributed by atoms with van der Waals surface area (Å²) in [4.78, 5) is 20.5. The average Bonchev–Trinajstić information content (AvgIpc) is 3.19. The Morgan fingerprint density at radius 3 is 2.67 bits per heavy atom. The SMILES string of the molecule is Cc1cc(CCNc2ncnc3scnc23)ccc1Oc1cc(C(F)(F)F)ncn1. The number of hydrogen-bond acceptors (Lipinski definition) is 8. The third kappa shape index (κ3) is 4.46. The van der Waals surface area contributed by atoms with E-state index in [0.717, 1.165) is 33.9 Å². The molecule has 1 N–H and O–H groups in total. The fourth-order valence-electron chi connectivity index (χ4n) is 2.79. The van der Waals surface area contributed by atoms with Crippen LogP contribution in [-0.4, -0.2) is 31.5 Å². The molecule has 0 aliphatic heterocycles. The smallest absolute Gasteiger partial charge is 0.433 e. The van der Waals surface area contributed by atoms with Gasteiger partial charge in [0, 0.05) is 12.6 Å². The van der Waals surface area contributed by atoms with Crippen molar-refractivity contribution in [1.82, 2.24) is 24.9 Å². The number of fused-ring (bicyclic) bond motifs is 1. The number of aromatic nitrogens is 5. The Balaban J connectivity index is 1.40. The van der Waals surface area contributed by atoms with Crippen LogP contribution in [0.5, 0.6) is 11.6 Å². The van der Waals surface area contributed by atoms with Crippen molar-refractivity contribution in [2.24, 2.45) is 0 Å². The molecule has 3 aromatic heterocycles. The lowest BCUT2D eigenvalue weighted by atomic mass is 10.1. The van der Waals surface area contributed by atoms with Crippen LogP contribution in [0.3, 0.4) is 0 Å². The number of nitrogens with zero attached hydrogens (tertiary/aromatic N) is 5. The summed E-state index contributed by atoms with van der Waals surface area (Å²) in [6.07, 6.45) is -1.51. The van der Waals surface area contributed by atoms with E-state index in [1.165, 1.54) is 17.7 Å². The van der Waals surface area contributed by atoms with Gasteiger partial charge in [0.2, 0.25) is 5.88 Å². The third-order valence-electron chi connectivity index (χ3n) is 4.23. The summed E-state index contributed by atoms with van der Waals surface area (Å²) in [5.74, 6) is 0.951. The minimum absolute atomic E-state index is 0.161. The van der Waals surface area contributed by atoms with Crippen LogP contribution in [0.25, 0.3) is 10.3 Å². The van der Waals surface area contributed by atoms with Crippen molar-refractivity contribution in [3.63, 3.8) is 0 Å². The molecule has 0 bridgehead atoms. The van der Waals surface area contributed by atoms with Crippen molar-refractivity contribution in [2.75, 3.05) is 11.9 Å². The summed E-state index contributed by atoms with van der Waals surface area (Å²) < 4.78 is 43.9. The van der Waals surface area contributed by atoms with Crippen LogP contribution < -0.4 is 10.1 Å². The monoisotopic (exact) mass is 432 g/mol. The highest BCUT2D eigenvalue weighted by molar-refractivity contribution is 7.16. The van der Waals surface area contributed by atoms with Gasteiger partial charge in [0.15, 0.2) is 11.5 Å². The lowest BCUT2D eigenvalue weighted by molar-refractivity contribution is -0.141. The van der Waals surface area contributed by atoms with Crippen molar-refractivity contribution in [3.8, 4) is 11.6 Å². The quantitative estimate of drug-likeness (QED) is 0.475. The van der Waals surface area contributed by atoms with E-state index in [9.17, 15) is 13.2 Å². The molecule has 7 nitrogen and oxygen atoms in total. The van der Waals surface area contributed by atoms with Crippen LogP contribution in [0.4, 0.5) is 19.0 Å². The molecule has 0 unspecified atom stereocenters. The second-order valence-corrected chi connectivity index (χ2v) is 7.18. The number of aryl methyl sites for hydroxylation is 1. The van der Waals surface area contributed by atoms with Crippen LogP contribution >= 0.6 is 11.3 Å². The number of rotatable bonds is 6. The molecule has 0 aliphatic rings. The predicted molar refractivity (Wildman–Crippen MR) is 106 cm³/mol. The Bertz CT molecular complexity index is 1180. The topological polar surface area (TPSA) is 85.7 Å². The van der Waals surface area contributed by atoms with E-state index in [2.05, 4.69) is 30.2 Å². The number of halogens is 3. The van der Waals surface area contributed by atoms with Crippen LogP contribution in [0, 0.1) is 6.92 Å². The molecule has 0 saturated heterocycles. The highest BCUT2D eigenvalue weighted by atomic mass is 32.1. The van der Waals surface area contributed by atoms with Crippen molar-refractivity contribution >= 4 is 27.5 Å². The van der Waals surface area contributed by atoms with Gasteiger partial charge in [-0.2, -0.15) is 13.2 Å². The summed E-state index contributed by atoms with van der Waals surface area (Å²) in [6.45, 7) is 2.45. The number of anilines is 1. The van der Waals surface area contributed by atoms with E-state index in [0.29, 0.717) is 24.5 Å². The highest BCUT2D eigenvalue weighted by Crippen LogP contribution is 2.31.